The first kappa shape index (κ1) is 43.5. The topological polar surface area (TPSA) is 56.7 Å². The van der Waals surface area contributed by atoms with Gasteiger partial charge in [0.15, 0.2) is 0 Å². The van der Waals surface area contributed by atoms with Crippen LogP contribution in [-0.4, -0.2) is 32.8 Å². The monoisotopic (exact) mass is 1050 g/mol. The number of nitrogens with zero attached hydrogens (tertiary/aromatic N) is 4. The van der Waals surface area contributed by atoms with Crippen LogP contribution in [0.25, 0.3) is 72.4 Å². The largest absolute Gasteiger partial charge is 0 e. The van der Waals surface area contributed by atoms with Crippen molar-refractivity contribution >= 4 is 50.6 Å². The third-order valence-electron chi connectivity index (χ3n) is 12.2. The van der Waals surface area contributed by atoms with E-state index in [1.165, 1.54) is 37.7 Å². The molecule has 0 aliphatic heterocycles. The molecule has 9 aromatic rings. The van der Waals surface area contributed by atoms with E-state index in [4.69, 9.17) is 14.4 Å². The second-order valence-electron chi connectivity index (χ2n) is 18.8. The van der Waals surface area contributed by atoms with Gasteiger partial charge in [0.05, 0.1) is 28.6 Å². The number of hydrogen-bond donors (Lipinski definition) is 0. The zero-order valence-corrected chi connectivity index (χ0v) is 41.3. The van der Waals surface area contributed by atoms with E-state index in [1.54, 1.807) is 9.96 Å². The third-order valence-corrected chi connectivity index (χ3v) is 16.5. The molecule has 315 valence electrons. The summed E-state index contributed by atoms with van der Waals surface area (Å²) in [6, 6.07) is 49.1. The Hall–Kier alpha value is -5.14. The van der Waals surface area contributed by atoms with Crippen molar-refractivity contribution < 1.29 is 24.5 Å². The summed E-state index contributed by atoms with van der Waals surface area (Å²) in [7, 11) is 0. The van der Waals surface area contributed by atoms with E-state index in [1.807, 2.05) is 49.5 Å². The molecule has 4 aromatic heterocycles. The average molecular weight is 1050 g/mol. The second kappa shape index (κ2) is 17.9. The van der Waals surface area contributed by atoms with E-state index in [2.05, 4.69) is 151 Å². The van der Waals surface area contributed by atoms with Crippen molar-refractivity contribution in [3.63, 3.8) is 0 Å². The fourth-order valence-corrected chi connectivity index (χ4v) is 12.3. The van der Waals surface area contributed by atoms with Crippen LogP contribution in [0.3, 0.4) is 0 Å². The van der Waals surface area contributed by atoms with Gasteiger partial charge in [-0.2, -0.15) is 0 Å². The van der Waals surface area contributed by atoms with Crippen LogP contribution in [0, 0.1) is 25.0 Å². The molecule has 0 unspecified atom stereocenters. The minimum Gasteiger partial charge on any atom is 0 e. The standard InChI is InChI=1S/C35H28N3O.C20H26GeN.Ir/c1-22-18-29-30(21-36-22)38(26-16-14-25(15-17-26)35(2,3)4)34(37-29)24-19-28(23-10-6-5-7-11-23)33-27-12-8-9-13-31(27)39-32(33)20-24;1-21(2,3)19-15-22-20(17-11-5-4-6-12-17)14-18(19)13-16-9-7-8-10-16;/h5-19,21H,1-4H3;4-6,11,14-16H,7-10,13H2,1-3H3;/q2*-1;. The summed E-state index contributed by atoms with van der Waals surface area (Å²) in [6.45, 7) is 8.69. The Balaban J connectivity index is 0.000000196. The second-order valence-corrected chi connectivity index (χ2v) is 29.3. The van der Waals surface area contributed by atoms with Crippen LogP contribution in [0.4, 0.5) is 0 Å². The van der Waals surface area contributed by atoms with E-state index in [-0.39, 0.29) is 25.5 Å². The molecule has 0 saturated heterocycles. The minimum atomic E-state index is -1.87. The number of pyridine rings is 2. The smallest absolute Gasteiger partial charge is 0 e. The van der Waals surface area contributed by atoms with Gasteiger partial charge in [0.1, 0.15) is 5.58 Å². The van der Waals surface area contributed by atoms with Gasteiger partial charge in [0, 0.05) is 31.5 Å². The predicted octanol–water partition coefficient (Wildman–Crippen LogP) is 13.9. The van der Waals surface area contributed by atoms with Crippen molar-refractivity contribution in [2.24, 2.45) is 5.92 Å². The van der Waals surface area contributed by atoms with Gasteiger partial charge in [-0.05, 0) is 58.5 Å². The van der Waals surface area contributed by atoms with Gasteiger partial charge >= 0.3 is 137 Å². The molecule has 4 heterocycles. The van der Waals surface area contributed by atoms with E-state index in [9.17, 15) is 0 Å². The summed E-state index contributed by atoms with van der Waals surface area (Å²) in [5.41, 5.74) is 13.6. The van der Waals surface area contributed by atoms with Gasteiger partial charge in [0.2, 0.25) is 0 Å². The van der Waals surface area contributed by atoms with Crippen molar-refractivity contribution in [2.75, 3.05) is 0 Å². The number of fused-ring (bicyclic) bond motifs is 4. The summed E-state index contributed by atoms with van der Waals surface area (Å²) in [4.78, 5) is 14.5. The fourth-order valence-electron chi connectivity index (χ4n) is 8.94. The maximum atomic E-state index is 6.36. The fraction of sp³-hybridized carbons (Fsp3) is 0.255. The third kappa shape index (κ3) is 9.02. The number of rotatable bonds is 7. The molecule has 0 amide bonds. The van der Waals surface area contributed by atoms with Gasteiger partial charge in [-0.3, -0.25) is 9.97 Å². The maximum Gasteiger partial charge on any atom is 0 e. The Bertz CT molecular complexity index is 2970. The van der Waals surface area contributed by atoms with Crippen LogP contribution in [0.1, 0.15) is 63.3 Å². The number of hydrogen-bond acceptors (Lipinski definition) is 4. The zero-order chi connectivity index (χ0) is 42.3. The minimum absolute atomic E-state index is 0. The molecule has 0 spiro atoms. The Morgan fingerprint density at radius 2 is 1.52 bits per heavy atom. The normalized spacial score (nSPS) is 13.3. The van der Waals surface area contributed by atoms with E-state index >= 15 is 0 Å². The molecule has 1 saturated carbocycles. The molecule has 7 heteroatoms. The maximum absolute atomic E-state index is 6.36. The number of aromatic nitrogens is 4. The predicted molar refractivity (Wildman–Crippen MR) is 256 cm³/mol. The van der Waals surface area contributed by atoms with Crippen molar-refractivity contribution in [1.82, 2.24) is 19.5 Å². The molecule has 5 aromatic carbocycles. The Morgan fingerprint density at radius 1 is 0.790 bits per heavy atom. The number of aryl methyl sites for hydroxylation is 1. The molecule has 5 nitrogen and oxygen atoms in total. The molecular formula is C55H54GeIrN4O-2. The van der Waals surface area contributed by atoms with Crippen molar-refractivity contribution in [2.45, 2.75) is 82.5 Å². The molecule has 0 atom stereocenters. The summed E-state index contributed by atoms with van der Waals surface area (Å²) in [5.74, 6) is 9.12. The Morgan fingerprint density at radius 3 is 2.23 bits per heavy atom. The number of furan rings is 1. The van der Waals surface area contributed by atoms with Crippen molar-refractivity contribution in [3.05, 3.63) is 163 Å². The van der Waals surface area contributed by atoms with Gasteiger partial charge < -0.3 is 8.98 Å². The van der Waals surface area contributed by atoms with E-state index < -0.39 is 13.3 Å². The summed E-state index contributed by atoms with van der Waals surface area (Å²) >= 11 is -1.87. The first-order valence-corrected chi connectivity index (χ1v) is 29.1. The summed E-state index contributed by atoms with van der Waals surface area (Å²) < 4.78 is 10.1. The van der Waals surface area contributed by atoms with Crippen LogP contribution in [-0.2, 0) is 31.9 Å². The number of benzene rings is 5. The quantitative estimate of drug-likeness (QED) is 0.118. The molecule has 1 aliphatic rings. The van der Waals surface area contributed by atoms with Crippen LogP contribution in [0.15, 0.2) is 138 Å². The number of imidazole rings is 1. The van der Waals surface area contributed by atoms with Crippen molar-refractivity contribution in [3.8, 4) is 39.5 Å². The zero-order valence-electron chi connectivity index (χ0n) is 36.8. The van der Waals surface area contributed by atoms with Gasteiger partial charge in [-0.25, -0.2) is 0 Å². The number of para-hydroxylation sites is 1. The van der Waals surface area contributed by atoms with Crippen LogP contribution < -0.4 is 4.40 Å². The molecule has 0 N–H and O–H groups in total. The van der Waals surface area contributed by atoms with Crippen LogP contribution >= 0.6 is 0 Å². The molecule has 1 radical (unpaired) electrons. The molecule has 10 rings (SSSR count). The van der Waals surface area contributed by atoms with E-state index in [0.717, 1.165) is 84.0 Å². The first-order valence-electron chi connectivity index (χ1n) is 21.8. The molecule has 1 fully saturated rings. The molecular weight excluding hydrogens is 997 g/mol. The molecule has 1 aliphatic carbocycles. The van der Waals surface area contributed by atoms with Crippen LogP contribution in [0.5, 0.6) is 0 Å². The summed E-state index contributed by atoms with van der Waals surface area (Å²) in [5, 5.41) is 2.15. The Labute approximate surface area is 382 Å². The Kier molecular flexibility index (Phi) is 12.6. The van der Waals surface area contributed by atoms with Gasteiger partial charge in [0.25, 0.3) is 0 Å². The van der Waals surface area contributed by atoms with Crippen molar-refractivity contribution in [1.29, 1.82) is 0 Å². The average Bonchev–Trinajstić information content (AvgIpc) is 4.01. The molecule has 0 bridgehead atoms. The summed E-state index contributed by atoms with van der Waals surface area (Å²) in [6.07, 6.45) is 11.0. The van der Waals surface area contributed by atoms with Gasteiger partial charge in [-0.15, -0.1) is 11.6 Å². The van der Waals surface area contributed by atoms with Crippen LogP contribution in [0.2, 0.25) is 17.3 Å². The SMILES string of the molecule is Cc1cc2nc(-c3[c-]c4oc5ccccc5c4c(-c4ccccc4)c3)n(-c3ccc(C(C)(C)C)cc3)c2cn1.[CH3][Ge]([CH3])([CH3])[c]1cnc(-c2[c-]cccc2)cc1CC1CCCC1.[Ir]. The van der Waals surface area contributed by atoms with Gasteiger partial charge in [-0.1, -0.05) is 93.1 Å². The first-order chi connectivity index (χ1) is 29.4. The van der Waals surface area contributed by atoms with E-state index in [0.29, 0.717) is 0 Å². The molecule has 62 heavy (non-hydrogen) atoms.